The molecule has 0 saturated carbocycles. The van der Waals surface area contributed by atoms with Crippen LogP contribution in [0, 0.1) is 0 Å². The van der Waals surface area contributed by atoms with Gasteiger partial charge in [0.2, 0.25) is 5.76 Å². The largest absolute Gasteiger partial charge is 0.492 e. The highest BCUT2D eigenvalue weighted by atomic mass is 35.5. The first kappa shape index (κ1) is 15.4. The molecule has 0 fully saturated rings. The monoisotopic (exact) mass is 284 g/mol. The van der Waals surface area contributed by atoms with E-state index < -0.39 is 5.97 Å². The van der Waals surface area contributed by atoms with Crippen molar-refractivity contribution in [2.24, 2.45) is 0 Å². The molecule has 0 aromatic heterocycles. The van der Waals surface area contributed by atoms with Crippen molar-refractivity contribution in [3.05, 3.63) is 35.6 Å². The number of rotatable bonds is 7. The summed E-state index contributed by atoms with van der Waals surface area (Å²) in [4.78, 5) is 11.5. The molecule has 0 aliphatic carbocycles. The molecule has 0 radical (unpaired) electrons. The summed E-state index contributed by atoms with van der Waals surface area (Å²) in [6, 6.07) is 7.26. The van der Waals surface area contributed by atoms with Gasteiger partial charge in [0.05, 0.1) is 19.6 Å². The van der Waals surface area contributed by atoms with Crippen molar-refractivity contribution in [1.29, 1.82) is 0 Å². The number of ether oxygens (including phenoxy) is 3. The van der Waals surface area contributed by atoms with E-state index in [2.05, 4.69) is 4.74 Å². The molecule has 1 aromatic carbocycles. The summed E-state index contributed by atoms with van der Waals surface area (Å²) in [6.07, 6.45) is 1.63. The van der Waals surface area contributed by atoms with Crippen LogP contribution >= 0.6 is 11.6 Å². The van der Waals surface area contributed by atoms with E-state index in [-0.39, 0.29) is 5.76 Å². The molecule has 5 heteroatoms. The third-order valence-corrected chi connectivity index (χ3v) is 2.36. The Balaban J connectivity index is 2.80. The predicted octanol–water partition coefficient (Wildman–Crippen LogP) is 2.85. The van der Waals surface area contributed by atoms with Crippen molar-refractivity contribution < 1.29 is 19.0 Å². The van der Waals surface area contributed by atoms with Crippen LogP contribution in [-0.4, -0.2) is 32.2 Å². The Labute approximate surface area is 117 Å². The van der Waals surface area contributed by atoms with E-state index in [0.717, 1.165) is 11.3 Å². The second-order valence-electron chi connectivity index (χ2n) is 3.54. The molecule has 19 heavy (non-hydrogen) atoms. The van der Waals surface area contributed by atoms with Crippen LogP contribution < -0.4 is 4.74 Å². The summed E-state index contributed by atoms with van der Waals surface area (Å²) in [5, 5.41) is 0. The number of halogens is 1. The standard InChI is InChI=1S/C14H17ClO4/c1-3-18-13(14(16)17-2)10-11-4-6-12(7-5-11)19-9-8-15/h4-7,10H,3,8-9H2,1-2H3/b13-10-. The number of alkyl halides is 1. The highest BCUT2D eigenvalue weighted by Crippen LogP contribution is 2.15. The van der Waals surface area contributed by atoms with E-state index in [9.17, 15) is 4.79 Å². The zero-order valence-electron chi connectivity index (χ0n) is 11.0. The minimum atomic E-state index is -0.496. The van der Waals surface area contributed by atoms with E-state index in [1.165, 1.54) is 7.11 Å². The zero-order chi connectivity index (χ0) is 14.1. The Bertz CT molecular complexity index is 426. The average Bonchev–Trinajstić information content (AvgIpc) is 2.45. The highest BCUT2D eigenvalue weighted by Gasteiger charge is 2.10. The van der Waals surface area contributed by atoms with Gasteiger partial charge in [-0.25, -0.2) is 4.79 Å². The third kappa shape index (κ3) is 5.22. The molecule has 1 rings (SSSR count). The summed E-state index contributed by atoms with van der Waals surface area (Å²) in [7, 11) is 1.32. The first-order valence-electron chi connectivity index (χ1n) is 5.93. The maximum Gasteiger partial charge on any atom is 0.373 e. The smallest absolute Gasteiger partial charge is 0.373 e. The van der Waals surface area contributed by atoms with Gasteiger partial charge in [0.25, 0.3) is 0 Å². The van der Waals surface area contributed by atoms with Crippen molar-refractivity contribution in [1.82, 2.24) is 0 Å². The van der Waals surface area contributed by atoms with Crippen LogP contribution in [0.25, 0.3) is 6.08 Å². The molecule has 0 saturated heterocycles. The molecule has 4 nitrogen and oxygen atoms in total. The summed E-state index contributed by atoms with van der Waals surface area (Å²) >= 11 is 5.53. The quantitative estimate of drug-likeness (QED) is 0.334. The van der Waals surface area contributed by atoms with Crippen LogP contribution in [-0.2, 0) is 14.3 Å². The van der Waals surface area contributed by atoms with Crippen LogP contribution in [0.3, 0.4) is 0 Å². The van der Waals surface area contributed by atoms with Gasteiger partial charge >= 0.3 is 5.97 Å². The fraction of sp³-hybridized carbons (Fsp3) is 0.357. The van der Waals surface area contributed by atoms with Crippen LogP contribution in [0.2, 0.25) is 0 Å². The van der Waals surface area contributed by atoms with E-state index in [4.69, 9.17) is 21.1 Å². The maximum atomic E-state index is 11.5. The van der Waals surface area contributed by atoms with Gasteiger partial charge in [-0.3, -0.25) is 0 Å². The average molecular weight is 285 g/mol. The number of hydrogen-bond donors (Lipinski definition) is 0. The minimum absolute atomic E-state index is 0.180. The lowest BCUT2D eigenvalue weighted by molar-refractivity contribution is -0.139. The van der Waals surface area contributed by atoms with E-state index >= 15 is 0 Å². The third-order valence-electron chi connectivity index (χ3n) is 2.21. The maximum absolute atomic E-state index is 11.5. The molecule has 1 aromatic rings. The number of carbonyl (C=O) groups excluding carboxylic acids is 1. The van der Waals surface area contributed by atoms with Gasteiger partial charge in [-0.1, -0.05) is 12.1 Å². The second-order valence-corrected chi connectivity index (χ2v) is 3.92. The Hall–Kier alpha value is -1.68. The molecule has 0 N–H and O–H groups in total. The van der Waals surface area contributed by atoms with Gasteiger partial charge in [0, 0.05) is 0 Å². The molecule has 0 amide bonds. The van der Waals surface area contributed by atoms with Crippen LogP contribution in [0.15, 0.2) is 30.0 Å². The Kier molecular flexibility index (Phi) is 6.82. The van der Waals surface area contributed by atoms with Crippen LogP contribution in [0.1, 0.15) is 12.5 Å². The molecule has 0 unspecified atom stereocenters. The fourth-order valence-electron chi connectivity index (χ4n) is 1.38. The topological polar surface area (TPSA) is 44.8 Å². The summed E-state index contributed by atoms with van der Waals surface area (Å²) < 4.78 is 15.2. The molecule has 0 spiro atoms. The lowest BCUT2D eigenvalue weighted by Gasteiger charge is -2.07. The van der Waals surface area contributed by atoms with Gasteiger partial charge in [0.1, 0.15) is 12.4 Å². The molecule has 0 atom stereocenters. The van der Waals surface area contributed by atoms with Crippen molar-refractivity contribution in [2.75, 3.05) is 26.2 Å². The van der Waals surface area contributed by atoms with Gasteiger partial charge in [-0.05, 0) is 30.7 Å². The molecule has 0 aliphatic heterocycles. The van der Waals surface area contributed by atoms with E-state index in [1.54, 1.807) is 25.1 Å². The van der Waals surface area contributed by atoms with E-state index in [1.807, 2.05) is 12.1 Å². The number of hydrogen-bond acceptors (Lipinski definition) is 4. The molecular formula is C14H17ClO4. The lowest BCUT2D eigenvalue weighted by atomic mass is 10.2. The van der Waals surface area contributed by atoms with Gasteiger partial charge < -0.3 is 14.2 Å². The Morgan fingerprint density at radius 3 is 2.53 bits per heavy atom. The number of benzene rings is 1. The minimum Gasteiger partial charge on any atom is -0.492 e. The van der Waals surface area contributed by atoms with Crippen LogP contribution in [0.4, 0.5) is 0 Å². The summed E-state index contributed by atoms with van der Waals surface area (Å²) in [5.74, 6) is 0.857. The Morgan fingerprint density at radius 2 is 2.00 bits per heavy atom. The normalized spacial score (nSPS) is 11.0. The van der Waals surface area contributed by atoms with E-state index in [0.29, 0.717) is 19.1 Å². The Morgan fingerprint density at radius 1 is 1.32 bits per heavy atom. The van der Waals surface area contributed by atoms with Gasteiger partial charge in [0.15, 0.2) is 0 Å². The van der Waals surface area contributed by atoms with Gasteiger partial charge in [-0.15, -0.1) is 11.6 Å². The summed E-state index contributed by atoms with van der Waals surface area (Å²) in [6.45, 7) is 2.67. The second kappa shape index (κ2) is 8.43. The summed E-state index contributed by atoms with van der Waals surface area (Å²) in [5.41, 5.74) is 0.826. The van der Waals surface area contributed by atoms with Crippen LogP contribution in [0.5, 0.6) is 5.75 Å². The molecule has 0 aliphatic rings. The molecule has 0 heterocycles. The fourth-order valence-corrected chi connectivity index (χ4v) is 1.46. The van der Waals surface area contributed by atoms with Crippen molar-refractivity contribution in [3.8, 4) is 5.75 Å². The highest BCUT2D eigenvalue weighted by molar-refractivity contribution is 6.18. The first-order chi connectivity index (χ1) is 9.21. The number of methoxy groups -OCH3 is 1. The van der Waals surface area contributed by atoms with Crippen molar-refractivity contribution >= 4 is 23.6 Å². The number of esters is 1. The van der Waals surface area contributed by atoms with Gasteiger partial charge in [-0.2, -0.15) is 0 Å². The zero-order valence-corrected chi connectivity index (χ0v) is 11.8. The van der Waals surface area contributed by atoms with Crippen molar-refractivity contribution in [2.45, 2.75) is 6.92 Å². The SMILES string of the molecule is CCO/C(=C\c1ccc(OCCCl)cc1)C(=O)OC. The van der Waals surface area contributed by atoms with Crippen molar-refractivity contribution in [3.63, 3.8) is 0 Å². The molecule has 0 bridgehead atoms. The first-order valence-corrected chi connectivity index (χ1v) is 6.46. The molecule has 104 valence electrons. The predicted molar refractivity (Wildman–Crippen MR) is 74.3 cm³/mol. The number of carbonyl (C=O) groups is 1. The lowest BCUT2D eigenvalue weighted by Crippen LogP contribution is -2.08. The molecular weight excluding hydrogens is 268 g/mol.